The fourth-order valence-corrected chi connectivity index (χ4v) is 3.47. The molecule has 0 spiro atoms. The Morgan fingerprint density at radius 1 is 1.21 bits per heavy atom. The van der Waals surface area contributed by atoms with Gasteiger partial charge >= 0.3 is 0 Å². The molecular formula is C15H26ClNO2. The molecule has 4 heteroatoms. The summed E-state index contributed by atoms with van der Waals surface area (Å²) in [6.07, 6.45) is 8.82. The Balaban J connectivity index is 1.69. The molecule has 0 aromatic heterocycles. The Hall–Kier alpha value is -0.280. The molecule has 2 rings (SSSR count). The Kier molecular flexibility index (Phi) is 6.45. The van der Waals surface area contributed by atoms with Gasteiger partial charge in [0.15, 0.2) is 0 Å². The normalized spacial score (nSPS) is 28.4. The summed E-state index contributed by atoms with van der Waals surface area (Å²) >= 11 is 5.80. The number of piperidine rings is 1. The molecule has 0 radical (unpaired) electrons. The summed E-state index contributed by atoms with van der Waals surface area (Å²) in [5, 5.41) is 0. The van der Waals surface area contributed by atoms with Crippen molar-refractivity contribution in [3.63, 3.8) is 0 Å². The molecule has 2 atom stereocenters. The first kappa shape index (κ1) is 15.1. The molecule has 2 heterocycles. The molecule has 2 saturated heterocycles. The van der Waals surface area contributed by atoms with Crippen molar-refractivity contribution in [2.75, 3.05) is 25.6 Å². The van der Waals surface area contributed by atoms with Crippen molar-refractivity contribution >= 4 is 17.5 Å². The third-order valence-corrected chi connectivity index (χ3v) is 4.56. The molecule has 0 aliphatic carbocycles. The van der Waals surface area contributed by atoms with E-state index in [1.54, 1.807) is 0 Å². The molecular weight excluding hydrogens is 262 g/mol. The number of likely N-dealkylation sites (tertiary alicyclic amines) is 1. The largest absolute Gasteiger partial charge is 0.378 e. The van der Waals surface area contributed by atoms with E-state index in [1.807, 2.05) is 4.90 Å². The van der Waals surface area contributed by atoms with Gasteiger partial charge in [0.1, 0.15) is 0 Å². The molecule has 0 saturated carbocycles. The van der Waals surface area contributed by atoms with Crippen molar-refractivity contribution in [3.8, 4) is 0 Å². The van der Waals surface area contributed by atoms with Gasteiger partial charge in [0.2, 0.25) is 5.91 Å². The van der Waals surface area contributed by atoms with Crippen LogP contribution in [0.3, 0.4) is 0 Å². The van der Waals surface area contributed by atoms with Crippen LogP contribution < -0.4 is 0 Å². The molecule has 3 nitrogen and oxygen atoms in total. The van der Waals surface area contributed by atoms with Gasteiger partial charge < -0.3 is 9.64 Å². The van der Waals surface area contributed by atoms with Gasteiger partial charge in [0.05, 0.1) is 6.10 Å². The highest BCUT2D eigenvalue weighted by atomic mass is 35.5. The molecule has 0 N–H and O–H groups in total. The third kappa shape index (κ3) is 4.96. The molecule has 2 aliphatic rings. The smallest absolute Gasteiger partial charge is 0.222 e. The predicted molar refractivity (Wildman–Crippen MR) is 77.5 cm³/mol. The number of halogens is 1. The van der Waals surface area contributed by atoms with Crippen LogP contribution in [0, 0.1) is 5.92 Å². The maximum Gasteiger partial charge on any atom is 0.222 e. The summed E-state index contributed by atoms with van der Waals surface area (Å²) in [4.78, 5) is 14.3. The lowest BCUT2D eigenvalue weighted by Gasteiger charge is -2.33. The van der Waals surface area contributed by atoms with Crippen molar-refractivity contribution in [1.29, 1.82) is 0 Å². The van der Waals surface area contributed by atoms with E-state index < -0.39 is 0 Å². The van der Waals surface area contributed by atoms with Gasteiger partial charge in [-0.15, -0.1) is 11.6 Å². The second-order valence-corrected chi connectivity index (χ2v) is 6.23. The molecule has 2 unspecified atom stereocenters. The first-order chi connectivity index (χ1) is 9.29. The van der Waals surface area contributed by atoms with Crippen LogP contribution in [0.5, 0.6) is 0 Å². The lowest BCUT2D eigenvalue weighted by molar-refractivity contribution is -0.134. The second-order valence-electron chi connectivity index (χ2n) is 5.85. The number of hydrogen-bond donors (Lipinski definition) is 0. The molecule has 2 aliphatic heterocycles. The zero-order valence-corrected chi connectivity index (χ0v) is 12.5. The number of carbonyl (C=O) groups is 1. The highest BCUT2D eigenvalue weighted by Crippen LogP contribution is 2.22. The summed E-state index contributed by atoms with van der Waals surface area (Å²) in [7, 11) is 0. The molecule has 19 heavy (non-hydrogen) atoms. The standard InChI is InChI=1S/C15H26ClNO2/c16-9-8-13-4-3-10-17(12-13)15(18)7-6-14-5-1-2-11-19-14/h13-14H,1-12H2. The molecule has 2 fully saturated rings. The number of hydrogen-bond acceptors (Lipinski definition) is 2. The molecule has 0 aromatic carbocycles. The van der Waals surface area contributed by atoms with Crippen molar-refractivity contribution < 1.29 is 9.53 Å². The van der Waals surface area contributed by atoms with E-state index in [0.29, 0.717) is 30.2 Å². The Morgan fingerprint density at radius 2 is 2.11 bits per heavy atom. The number of alkyl halides is 1. The fraction of sp³-hybridized carbons (Fsp3) is 0.933. The van der Waals surface area contributed by atoms with Crippen LogP contribution >= 0.6 is 11.6 Å². The summed E-state index contributed by atoms with van der Waals surface area (Å²) in [6.45, 7) is 2.72. The molecule has 0 aromatic rings. The van der Waals surface area contributed by atoms with Gasteiger partial charge in [-0.3, -0.25) is 4.79 Å². The van der Waals surface area contributed by atoms with Gasteiger partial charge in [-0.05, 0) is 50.9 Å². The van der Waals surface area contributed by atoms with Gasteiger partial charge in [0.25, 0.3) is 0 Å². The minimum atomic E-state index is 0.313. The van der Waals surface area contributed by atoms with Crippen LogP contribution in [0.1, 0.15) is 51.4 Å². The minimum Gasteiger partial charge on any atom is -0.378 e. The SMILES string of the molecule is O=C(CCC1CCCCO1)N1CCCC(CCCl)C1. The minimum absolute atomic E-state index is 0.313. The maximum atomic E-state index is 12.2. The molecule has 0 bridgehead atoms. The van der Waals surface area contributed by atoms with Crippen LogP contribution in [-0.2, 0) is 9.53 Å². The predicted octanol–water partition coefficient (Wildman–Crippen LogP) is 3.20. The van der Waals surface area contributed by atoms with E-state index in [0.717, 1.165) is 45.4 Å². The van der Waals surface area contributed by atoms with Crippen molar-refractivity contribution in [2.45, 2.75) is 57.5 Å². The third-order valence-electron chi connectivity index (χ3n) is 4.34. The summed E-state index contributed by atoms with van der Waals surface area (Å²) in [5.74, 6) is 1.64. The average molecular weight is 288 g/mol. The van der Waals surface area contributed by atoms with Crippen molar-refractivity contribution in [2.24, 2.45) is 5.92 Å². The number of ether oxygens (including phenoxy) is 1. The maximum absolute atomic E-state index is 12.2. The average Bonchev–Trinajstić information content (AvgIpc) is 2.46. The Bertz CT molecular complexity index is 277. The highest BCUT2D eigenvalue weighted by Gasteiger charge is 2.24. The zero-order valence-electron chi connectivity index (χ0n) is 11.8. The van der Waals surface area contributed by atoms with Crippen LogP contribution in [0.25, 0.3) is 0 Å². The summed E-state index contributed by atoms with van der Waals surface area (Å²) < 4.78 is 5.69. The van der Waals surface area contributed by atoms with Gasteiger partial charge in [-0.2, -0.15) is 0 Å². The first-order valence-corrected chi connectivity index (χ1v) is 8.28. The van der Waals surface area contributed by atoms with E-state index in [4.69, 9.17) is 16.3 Å². The van der Waals surface area contributed by atoms with Gasteiger partial charge in [0, 0.05) is 32.0 Å². The molecule has 110 valence electrons. The zero-order chi connectivity index (χ0) is 13.5. The van der Waals surface area contributed by atoms with Crippen molar-refractivity contribution in [1.82, 2.24) is 4.90 Å². The second kappa shape index (κ2) is 8.11. The summed E-state index contributed by atoms with van der Waals surface area (Å²) in [6, 6.07) is 0. The van der Waals surface area contributed by atoms with E-state index in [1.165, 1.54) is 19.3 Å². The Labute approximate surface area is 121 Å². The van der Waals surface area contributed by atoms with E-state index >= 15 is 0 Å². The summed E-state index contributed by atoms with van der Waals surface area (Å²) in [5.41, 5.74) is 0. The van der Waals surface area contributed by atoms with Crippen LogP contribution in [0.2, 0.25) is 0 Å². The number of rotatable bonds is 5. The highest BCUT2D eigenvalue weighted by molar-refractivity contribution is 6.17. The number of nitrogens with zero attached hydrogens (tertiary/aromatic N) is 1. The fourth-order valence-electron chi connectivity index (χ4n) is 3.16. The quantitative estimate of drug-likeness (QED) is 0.727. The van der Waals surface area contributed by atoms with E-state index in [9.17, 15) is 4.79 Å². The van der Waals surface area contributed by atoms with Crippen LogP contribution in [0.15, 0.2) is 0 Å². The Morgan fingerprint density at radius 3 is 2.84 bits per heavy atom. The topological polar surface area (TPSA) is 29.5 Å². The van der Waals surface area contributed by atoms with Gasteiger partial charge in [-0.25, -0.2) is 0 Å². The lowest BCUT2D eigenvalue weighted by atomic mass is 9.95. The van der Waals surface area contributed by atoms with Crippen LogP contribution in [0.4, 0.5) is 0 Å². The van der Waals surface area contributed by atoms with Gasteiger partial charge in [-0.1, -0.05) is 0 Å². The monoisotopic (exact) mass is 287 g/mol. The lowest BCUT2D eigenvalue weighted by Crippen LogP contribution is -2.40. The van der Waals surface area contributed by atoms with Crippen molar-refractivity contribution in [3.05, 3.63) is 0 Å². The van der Waals surface area contributed by atoms with E-state index in [2.05, 4.69) is 0 Å². The van der Waals surface area contributed by atoms with Crippen LogP contribution in [-0.4, -0.2) is 42.5 Å². The molecule has 1 amide bonds. The number of carbonyl (C=O) groups excluding carboxylic acids is 1. The first-order valence-electron chi connectivity index (χ1n) is 7.75. The number of amides is 1. The van der Waals surface area contributed by atoms with E-state index in [-0.39, 0.29) is 0 Å².